The van der Waals surface area contributed by atoms with Crippen molar-refractivity contribution in [2.75, 3.05) is 39.8 Å². The minimum absolute atomic E-state index is 0.0367. The highest BCUT2D eigenvalue weighted by molar-refractivity contribution is 5.82. The van der Waals surface area contributed by atoms with Crippen LogP contribution in [0.4, 0.5) is 0 Å². The lowest BCUT2D eigenvalue weighted by Crippen LogP contribution is -2.47. The fourth-order valence-electron chi connectivity index (χ4n) is 4.90. The van der Waals surface area contributed by atoms with Gasteiger partial charge in [-0.15, -0.1) is 0 Å². The van der Waals surface area contributed by atoms with Crippen LogP contribution >= 0.6 is 0 Å². The van der Waals surface area contributed by atoms with Gasteiger partial charge in [-0.05, 0) is 25.2 Å². The van der Waals surface area contributed by atoms with Crippen molar-refractivity contribution in [3.8, 4) is 0 Å². The molecule has 154 valence electrons. The zero-order valence-corrected chi connectivity index (χ0v) is 16.5. The van der Waals surface area contributed by atoms with E-state index >= 15 is 0 Å². The Morgan fingerprint density at radius 1 is 1.22 bits per heavy atom. The first kappa shape index (κ1) is 19.5. The molecule has 3 saturated heterocycles. The summed E-state index contributed by atoms with van der Waals surface area (Å²) >= 11 is 0. The fourth-order valence-corrected chi connectivity index (χ4v) is 4.90. The molecule has 4 fully saturated rings. The van der Waals surface area contributed by atoms with Crippen molar-refractivity contribution in [2.24, 2.45) is 5.92 Å². The first-order valence-electron chi connectivity index (χ1n) is 10.7. The van der Waals surface area contributed by atoms with Crippen LogP contribution in [0.1, 0.15) is 44.9 Å². The van der Waals surface area contributed by atoms with Crippen molar-refractivity contribution in [2.45, 2.75) is 69.4 Å². The van der Waals surface area contributed by atoms with Crippen LogP contribution in [0.3, 0.4) is 0 Å². The Morgan fingerprint density at radius 3 is 2.85 bits per heavy atom. The molecule has 3 heterocycles. The Balaban J connectivity index is 1.17. The molecule has 1 amide bonds. The van der Waals surface area contributed by atoms with Gasteiger partial charge in [-0.1, -0.05) is 19.3 Å². The van der Waals surface area contributed by atoms with Crippen molar-refractivity contribution in [1.82, 2.24) is 26.1 Å². The summed E-state index contributed by atoms with van der Waals surface area (Å²) in [6.07, 6.45) is 8.78. The van der Waals surface area contributed by atoms with E-state index in [4.69, 9.17) is 9.57 Å². The topological polar surface area (TPSA) is 78.1 Å². The van der Waals surface area contributed by atoms with Crippen LogP contribution in [0.5, 0.6) is 0 Å². The normalized spacial score (nSPS) is 36.5. The third kappa shape index (κ3) is 4.99. The Labute approximate surface area is 162 Å². The largest absolute Gasteiger partial charge is 0.380 e. The van der Waals surface area contributed by atoms with Gasteiger partial charge >= 0.3 is 0 Å². The Morgan fingerprint density at radius 2 is 2.07 bits per heavy atom. The zero-order valence-electron chi connectivity index (χ0n) is 16.5. The number of likely N-dealkylation sites (tertiary alicyclic amines) is 1. The van der Waals surface area contributed by atoms with Gasteiger partial charge in [0.25, 0.3) is 0 Å². The molecule has 1 aliphatic carbocycles. The third-order valence-corrected chi connectivity index (χ3v) is 6.57. The number of nitrogens with zero attached hydrogens (tertiary/aromatic N) is 2. The molecule has 3 N–H and O–H groups in total. The third-order valence-electron chi connectivity index (χ3n) is 6.57. The Hall–Kier alpha value is -0.770. The van der Waals surface area contributed by atoms with Crippen molar-refractivity contribution in [3.63, 3.8) is 0 Å². The summed E-state index contributed by atoms with van der Waals surface area (Å²) in [4.78, 5) is 20.6. The predicted molar refractivity (Wildman–Crippen MR) is 101 cm³/mol. The number of amides is 1. The quantitative estimate of drug-likeness (QED) is 0.607. The van der Waals surface area contributed by atoms with Gasteiger partial charge in [-0.2, -0.15) is 5.48 Å². The highest BCUT2D eigenvalue weighted by Crippen LogP contribution is 2.25. The lowest BCUT2D eigenvalue weighted by Gasteiger charge is -2.26. The first-order chi connectivity index (χ1) is 13.2. The number of hydrogen-bond donors (Lipinski definition) is 3. The molecule has 3 aliphatic heterocycles. The number of rotatable bonds is 6. The molecule has 4 aliphatic rings. The van der Waals surface area contributed by atoms with E-state index in [-0.39, 0.29) is 30.3 Å². The van der Waals surface area contributed by atoms with Gasteiger partial charge in [0.1, 0.15) is 12.3 Å². The monoisotopic (exact) mass is 381 g/mol. The molecule has 4 rings (SSSR count). The van der Waals surface area contributed by atoms with E-state index < -0.39 is 0 Å². The van der Waals surface area contributed by atoms with Crippen LogP contribution in [0, 0.1) is 5.92 Å². The SMILES string of the molecule is CO[C@@H]1CCN(C2CC(C(=O)NC3CNN(CC4CCCCC4)C3)NO2)C1. The standard InChI is InChI=1S/C19H35N5O3/c1-26-16-7-8-23(13-16)18-9-17(22-27-18)19(25)21-15-10-20-24(12-15)11-14-5-3-2-4-6-14/h14-18,20,22H,2-13H2,1H3,(H,21,25)/t15?,16-,17?,18?/m1/s1. The Kier molecular flexibility index (Phi) is 6.62. The van der Waals surface area contributed by atoms with E-state index in [1.165, 1.54) is 32.1 Å². The number of methoxy groups -OCH3 is 1. The molecule has 0 aromatic heterocycles. The maximum Gasteiger partial charge on any atom is 0.239 e. The van der Waals surface area contributed by atoms with Crippen LogP contribution in [0.2, 0.25) is 0 Å². The molecule has 0 bridgehead atoms. The fraction of sp³-hybridized carbons (Fsp3) is 0.947. The van der Waals surface area contributed by atoms with Crippen molar-refractivity contribution in [1.29, 1.82) is 0 Å². The van der Waals surface area contributed by atoms with E-state index in [1.54, 1.807) is 7.11 Å². The van der Waals surface area contributed by atoms with E-state index in [1.807, 2.05) is 0 Å². The van der Waals surface area contributed by atoms with Gasteiger partial charge < -0.3 is 10.1 Å². The molecule has 3 unspecified atom stereocenters. The van der Waals surface area contributed by atoms with Gasteiger partial charge in [-0.3, -0.25) is 20.0 Å². The van der Waals surface area contributed by atoms with Gasteiger partial charge in [0.15, 0.2) is 0 Å². The average molecular weight is 382 g/mol. The number of nitrogens with one attached hydrogen (secondary N) is 3. The molecule has 8 heteroatoms. The molecular formula is C19H35N5O3. The molecule has 0 aromatic rings. The van der Waals surface area contributed by atoms with Gasteiger partial charge in [0, 0.05) is 46.3 Å². The number of hydrazine groups is 1. The summed E-state index contributed by atoms with van der Waals surface area (Å²) in [6.45, 7) is 4.65. The number of carbonyl (C=O) groups is 1. The summed E-state index contributed by atoms with van der Waals surface area (Å²) < 4.78 is 5.42. The minimum Gasteiger partial charge on any atom is -0.380 e. The van der Waals surface area contributed by atoms with E-state index in [2.05, 4.69) is 26.1 Å². The molecule has 27 heavy (non-hydrogen) atoms. The number of hydrogen-bond acceptors (Lipinski definition) is 7. The Bertz CT molecular complexity index is 502. The number of carbonyl (C=O) groups excluding carboxylic acids is 1. The van der Waals surface area contributed by atoms with Crippen LogP contribution in [0.25, 0.3) is 0 Å². The molecule has 0 radical (unpaired) electrons. The summed E-state index contributed by atoms with van der Waals surface area (Å²) in [5.74, 6) is 0.856. The second kappa shape index (κ2) is 9.15. The first-order valence-corrected chi connectivity index (χ1v) is 10.7. The summed E-state index contributed by atoms with van der Waals surface area (Å²) in [5, 5.41) is 5.49. The van der Waals surface area contributed by atoms with Crippen molar-refractivity contribution < 1.29 is 14.4 Å². The van der Waals surface area contributed by atoms with Crippen molar-refractivity contribution in [3.05, 3.63) is 0 Å². The second-order valence-electron chi connectivity index (χ2n) is 8.60. The van der Waals surface area contributed by atoms with E-state index in [0.29, 0.717) is 6.42 Å². The highest BCUT2D eigenvalue weighted by Gasteiger charge is 2.38. The summed E-state index contributed by atoms with van der Waals surface area (Å²) in [7, 11) is 1.76. The average Bonchev–Trinajstić information content (AvgIpc) is 3.43. The van der Waals surface area contributed by atoms with Gasteiger partial charge in [0.2, 0.25) is 5.91 Å². The van der Waals surface area contributed by atoms with Gasteiger partial charge in [-0.25, -0.2) is 5.01 Å². The van der Waals surface area contributed by atoms with Crippen LogP contribution in [-0.4, -0.2) is 80.1 Å². The summed E-state index contributed by atoms with van der Waals surface area (Å²) in [5.41, 5.74) is 6.40. The van der Waals surface area contributed by atoms with Crippen LogP contribution in [-0.2, 0) is 14.4 Å². The lowest BCUT2D eigenvalue weighted by atomic mass is 9.89. The van der Waals surface area contributed by atoms with Crippen molar-refractivity contribution >= 4 is 5.91 Å². The van der Waals surface area contributed by atoms with E-state index in [0.717, 1.165) is 45.1 Å². The molecule has 1 saturated carbocycles. The molecule has 8 nitrogen and oxygen atoms in total. The second-order valence-corrected chi connectivity index (χ2v) is 8.60. The van der Waals surface area contributed by atoms with E-state index in [9.17, 15) is 4.79 Å². The number of ether oxygens (including phenoxy) is 1. The maximum atomic E-state index is 12.6. The van der Waals surface area contributed by atoms with Crippen LogP contribution < -0.4 is 16.2 Å². The van der Waals surface area contributed by atoms with Crippen LogP contribution in [0.15, 0.2) is 0 Å². The maximum absolute atomic E-state index is 12.6. The molecular weight excluding hydrogens is 346 g/mol. The summed E-state index contributed by atoms with van der Waals surface area (Å²) in [6, 6.07) is -0.101. The molecule has 0 spiro atoms. The van der Waals surface area contributed by atoms with Gasteiger partial charge in [0.05, 0.1) is 12.1 Å². The lowest BCUT2D eigenvalue weighted by molar-refractivity contribution is -0.125. The zero-order chi connectivity index (χ0) is 18.6. The minimum atomic E-state index is -0.274. The highest BCUT2D eigenvalue weighted by atomic mass is 16.7. The molecule has 4 atom stereocenters. The molecule has 0 aromatic carbocycles. The predicted octanol–water partition coefficient (Wildman–Crippen LogP) is 0.212. The number of hydroxylamine groups is 1. The smallest absolute Gasteiger partial charge is 0.239 e.